The number of fused-ring (bicyclic) bond motifs is 1. The molecule has 0 fully saturated rings. The number of benzene rings is 1. The van der Waals surface area contributed by atoms with Crippen molar-refractivity contribution in [2.45, 2.75) is 92.2 Å². The van der Waals surface area contributed by atoms with Crippen LogP contribution >= 0.6 is 0 Å². The number of unbranched alkanes of at least 4 members (excludes halogenated alkanes) is 1. The summed E-state index contributed by atoms with van der Waals surface area (Å²) in [7, 11) is 0. The van der Waals surface area contributed by atoms with Crippen LogP contribution in [0, 0.1) is 12.8 Å². The van der Waals surface area contributed by atoms with Gasteiger partial charge in [0.2, 0.25) is 11.8 Å². The van der Waals surface area contributed by atoms with E-state index in [1.165, 1.54) is 11.0 Å². The first-order valence-corrected chi connectivity index (χ1v) is 14.2. The lowest BCUT2D eigenvalue weighted by molar-refractivity contribution is -0.149. The molecule has 0 radical (unpaired) electrons. The van der Waals surface area contributed by atoms with E-state index in [2.05, 4.69) is 25.8 Å². The fourth-order valence-electron chi connectivity index (χ4n) is 4.09. The molecule has 0 aliphatic carbocycles. The number of carbonyl (C=O) groups excluding carboxylic acids is 1. The summed E-state index contributed by atoms with van der Waals surface area (Å²) in [6, 6.07) is 4.47. The van der Waals surface area contributed by atoms with Gasteiger partial charge in [-0.2, -0.15) is 0 Å². The number of carbonyl (C=O) groups is 2. The van der Waals surface area contributed by atoms with E-state index in [0.717, 1.165) is 36.3 Å². The highest BCUT2D eigenvalue weighted by atomic mass is 16.5. The van der Waals surface area contributed by atoms with Gasteiger partial charge >= 0.3 is 5.97 Å². The Morgan fingerprint density at radius 2 is 1.98 bits per heavy atom. The van der Waals surface area contributed by atoms with Crippen LogP contribution in [0.4, 0.5) is 0 Å². The number of nitrogens with zero attached hydrogens (tertiary/aromatic N) is 2. The van der Waals surface area contributed by atoms with Crippen LogP contribution in [0.2, 0.25) is 0 Å². The largest absolute Gasteiger partial charge is 0.493 e. The molecule has 0 spiro atoms. The Labute approximate surface area is 239 Å². The minimum absolute atomic E-state index is 0. The standard InChI is InChI=1S/C28H36N2O5.C4H11N/c1-5-6-7-10-25-29-24(20(4)35-25)15-17-34-22-13-12-21-14-16-30(26(31)11-8-9-19(2)3)27(28(32)33)23(21)18-22;1-4(2,3)5/h7-8,10-13,18-19,27H,5-6,9,14-17H2,1-4H3,(H,32,33);5H2,1-3H3/b10-7+,11-8?;. The van der Waals surface area contributed by atoms with Gasteiger partial charge in [0.25, 0.3) is 0 Å². The summed E-state index contributed by atoms with van der Waals surface area (Å²) >= 11 is 0. The van der Waals surface area contributed by atoms with Gasteiger partial charge in [-0.25, -0.2) is 9.78 Å². The van der Waals surface area contributed by atoms with Crippen molar-refractivity contribution in [3.63, 3.8) is 0 Å². The number of aromatic nitrogens is 1. The lowest BCUT2D eigenvalue weighted by Crippen LogP contribution is -2.42. The Hall–Kier alpha value is -3.39. The summed E-state index contributed by atoms with van der Waals surface area (Å²) in [5.74, 6) is 1.04. The van der Waals surface area contributed by atoms with Crippen molar-refractivity contribution in [1.82, 2.24) is 9.88 Å². The summed E-state index contributed by atoms with van der Waals surface area (Å²) in [4.78, 5) is 30.9. The van der Waals surface area contributed by atoms with Gasteiger partial charge in [0.1, 0.15) is 11.5 Å². The highest BCUT2D eigenvalue weighted by molar-refractivity contribution is 5.92. The van der Waals surface area contributed by atoms with Crippen molar-refractivity contribution in [1.29, 1.82) is 0 Å². The second-order valence-electron chi connectivity index (χ2n) is 11.6. The molecule has 8 heteroatoms. The Bertz CT molecular complexity index is 1170. The molecule has 0 saturated carbocycles. The van der Waals surface area contributed by atoms with Crippen molar-refractivity contribution < 1.29 is 23.8 Å². The Morgan fingerprint density at radius 3 is 2.60 bits per heavy atom. The normalized spacial score (nSPS) is 15.3. The molecule has 8 nitrogen and oxygen atoms in total. The van der Waals surface area contributed by atoms with Crippen LogP contribution in [0.15, 0.2) is 40.8 Å². The third kappa shape index (κ3) is 11.0. The zero-order chi connectivity index (χ0) is 29.9. The van der Waals surface area contributed by atoms with Gasteiger partial charge in [-0.05, 0) is 88.3 Å². The van der Waals surface area contributed by atoms with Gasteiger partial charge in [-0.3, -0.25) is 4.79 Å². The highest BCUT2D eigenvalue weighted by Crippen LogP contribution is 2.33. The lowest BCUT2D eigenvalue weighted by atomic mass is 9.92. The Morgan fingerprint density at radius 1 is 1.27 bits per heavy atom. The molecule has 1 aliphatic rings. The van der Waals surface area contributed by atoms with Gasteiger partial charge in [0.15, 0.2) is 6.04 Å². The molecule has 0 bridgehead atoms. The van der Waals surface area contributed by atoms with Crippen LogP contribution in [0.1, 0.15) is 95.3 Å². The van der Waals surface area contributed by atoms with Crippen molar-refractivity contribution in [2.24, 2.45) is 11.7 Å². The molecule has 220 valence electrons. The second kappa shape index (κ2) is 15.4. The summed E-state index contributed by atoms with van der Waals surface area (Å²) < 4.78 is 11.6. The van der Waals surface area contributed by atoms with Crippen LogP contribution in [0.25, 0.3) is 6.08 Å². The number of amides is 1. The van der Waals surface area contributed by atoms with Gasteiger partial charge in [0.05, 0.1) is 12.3 Å². The predicted molar refractivity (Wildman–Crippen MR) is 159 cm³/mol. The average Bonchev–Trinajstić information content (AvgIpc) is 3.20. The van der Waals surface area contributed by atoms with E-state index in [9.17, 15) is 14.7 Å². The van der Waals surface area contributed by atoms with Crippen LogP contribution < -0.4 is 10.5 Å². The van der Waals surface area contributed by atoms with Gasteiger partial charge < -0.3 is 24.9 Å². The minimum Gasteiger partial charge on any atom is -0.493 e. The first kappa shape index (κ1) is 32.8. The van der Waals surface area contributed by atoms with Crippen molar-refractivity contribution in [3.05, 3.63) is 64.9 Å². The van der Waals surface area contributed by atoms with E-state index in [0.29, 0.717) is 49.1 Å². The van der Waals surface area contributed by atoms with Gasteiger partial charge in [0, 0.05) is 18.5 Å². The molecule has 1 atom stereocenters. The van der Waals surface area contributed by atoms with Crippen LogP contribution in [0.5, 0.6) is 5.75 Å². The van der Waals surface area contributed by atoms with Crippen LogP contribution in [-0.2, 0) is 22.4 Å². The molecule has 0 saturated heterocycles. The molecular weight excluding hydrogens is 506 g/mol. The summed E-state index contributed by atoms with van der Waals surface area (Å²) in [6.07, 6.45) is 11.2. The fourth-order valence-corrected chi connectivity index (χ4v) is 4.09. The first-order chi connectivity index (χ1) is 18.8. The number of hydrogen-bond acceptors (Lipinski definition) is 6. The van der Waals surface area contributed by atoms with Gasteiger partial charge in [-0.15, -0.1) is 0 Å². The Kier molecular flexibility index (Phi) is 12.6. The number of aliphatic carboxylic acids is 1. The number of allylic oxidation sites excluding steroid dienone is 2. The van der Waals surface area contributed by atoms with Crippen molar-refractivity contribution in [2.75, 3.05) is 13.2 Å². The number of aryl methyl sites for hydroxylation is 1. The monoisotopic (exact) mass is 553 g/mol. The predicted octanol–water partition coefficient (Wildman–Crippen LogP) is 6.27. The number of rotatable bonds is 11. The molecule has 1 aromatic carbocycles. The van der Waals surface area contributed by atoms with E-state index >= 15 is 0 Å². The number of ether oxygens (including phenoxy) is 1. The second-order valence-corrected chi connectivity index (χ2v) is 11.6. The zero-order valence-corrected chi connectivity index (χ0v) is 25.2. The van der Waals surface area contributed by atoms with E-state index < -0.39 is 12.0 Å². The summed E-state index contributed by atoms with van der Waals surface area (Å²) in [6.45, 7) is 14.8. The average molecular weight is 554 g/mol. The summed E-state index contributed by atoms with van der Waals surface area (Å²) in [5.41, 5.74) is 7.73. The van der Waals surface area contributed by atoms with E-state index in [-0.39, 0.29) is 11.4 Å². The molecule has 1 unspecified atom stereocenters. The number of oxazole rings is 1. The first-order valence-electron chi connectivity index (χ1n) is 14.2. The maximum absolute atomic E-state index is 12.8. The van der Waals surface area contributed by atoms with E-state index in [4.69, 9.17) is 14.9 Å². The number of hydrogen-bond donors (Lipinski definition) is 2. The summed E-state index contributed by atoms with van der Waals surface area (Å²) in [5, 5.41) is 9.96. The third-order valence-electron chi connectivity index (χ3n) is 5.96. The Balaban J connectivity index is 0.00000103. The van der Waals surface area contributed by atoms with Crippen LogP contribution in [0.3, 0.4) is 0 Å². The molecule has 1 aliphatic heterocycles. The zero-order valence-electron chi connectivity index (χ0n) is 25.2. The molecular formula is C32H47N3O5. The molecule has 1 aromatic heterocycles. The maximum atomic E-state index is 12.8. The fraction of sp³-hybridized carbons (Fsp3) is 0.531. The molecule has 1 amide bonds. The lowest BCUT2D eigenvalue weighted by Gasteiger charge is -2.34. The van der Waals surface area contributed by atoms with E-state index in [1.54, 1.807) is 6.07 Å². The number of carboxylic acid groups (broad SMARTS) is 1. The molecule has 2 aromatic rings. The molecule has 3 rings (SSSR count). The molecule has 2 heterocycles. The topological polar surface area (TPSA) is 119 Å². The van der Waals surface area contributed by atoms with Crippen LogP contribution in [-0.4, -0.2) is 45.6 Å². The van der Waals surface area contributed by atoms with Gasteiger partial charge in [-0.1, -0.05) is 45.4 Å². The SMILES string of the molecule is CC(C)(C)N.CCC/C=C/c1nc(CCOc2ccc3c(c2)C(C(=O)O)N(C(=O)C=CCC(C)C)CC3)c(C)o1. The van der Waals surface area contributed by atoms with Crippen molar-refractivity contribution >= 4 is 18.0 Å². The quantitative estimate of drug-likeness (QED) is 0.315. The maximum Gasteiger partial charge on any atom is 0.331 e. The molecule has 40 heavy (non-hydrogen) atoms. The third-order valence-corrected chi connectivity index (χ3v) is 5.96. The highest BCUT2D eigenvalue weighted by Gasteiger charge is 2.35. The smallest absolute Gasteiger partial charge is 0.331 e. The molecule has 3 N–H and O–H groups in total. The number of nitrogens with two attached hydrogens (primary N) is 1. The number of carboxylic acids is 1. The van der Waals surface area contributed by atoms with Crippen molar-refractivity contribution in [3.8, 4) is 5.75 Å². The van der Waals surface area contributed by atoms with E-state index in [1.807, 2.05) is 58.1 Å². The minimum atomic E-state index is -1.05.